The zero-order valence-electron chi connectivity index (χ0n) is 11.7. The first-order valence-electron chi connectivity index (χ1n) is 7.22. The molecule has 2 nitrogen and oxygen atoms in total. The van der Waals surface area contributed by atoms with Gasteiger partial charge < -0.3 is 9.55 Å². The van der Waals surface area contributed by atoms with Gasteiger partial charge in [-0.3, -0.25) is 0 Å². The molecule has 0 saturated carbocycles. The van der Waals surface area contributed by atoms with E-state index in [1.54, 1.807) is 0 Å². The molecule has 1 heterocycles. The third-order valence-electron chi connectivity index (χ3n) is 3.65. The lowest BCUT2D eigenvalue weighted by Crippen LogP contribution is -2.31. The van der Waals surface area contributed by atoms with Crippen LogP contribution in [-0.4, -0.2) is 25.4 Å². The number of hydrogen-bond acceptors (Lipinski definition) is 2. The van der Waals surface area contributed by atoms with Gasteiger partial charge in [-0.25, -0.2) is 0 Å². The van der Waals surface area contributed by atoms with Gasteiger partial charge in [0, 0.05) is 18.7 Å². The normalized spacial score (nSPS) is 17.4. The average molecular weight is 245 g/mol. The van der Waals surface area contributed by atoms with E-state index in [0.717, 1.165) is 31.3 Å². The van der Waals surface area contributed by atoms with E-state index in [1.165, 1.54) is 32.2 Å². The quantitative estimate of drug-likeness (QED) is 0.738. The molecule has 0 spiro atoms. The molecule has 1 aliphatic heterocycles. The van der Waals surface area contributed by atoms with Gasteiger partial charge in [0.05, 0.1) is 6.61 Å². The molecule has 0 bridgehead atoms. The van der Waals surface area contributed by atoms with Crippen LogP contribution in [0.15, 0.2) is 24.3 Å². The lowest BCUT2D eigenvalue weighted by Gasteiger charge is -2.22. The van der Waals surface area contributed by atoms with Crippen LogP contribution in [0.25, 0.3) is 0 Å². The van der Waals surface area contributed by atoms with Crippen molar-refractivity contribution in [2.45, 2.75) is 45.5 Å². The van der Waals surface area contributed by atoms with Crippen molar-refractivity contribution in [2.24, 2.45) is 0 Å². The van der Waals surface area contributed by atoms with Crippen LogP contribution in [0.1, 0.15) is 38.7 Å². The van der Waals surface area contributed by atoms with Gasteiger partial charge in [-0.2, -0.15) is 0 Å². The summed E-state index contributed by atoms with van der Waals surface area (Å²) in [6.07, 6.45) is 3.99. The number of ether oxygens (including phenoxy) is 1. The minimum absolute atomic E-state index is 0.787. The maximum atomic E-state index is 5.80. The second kappa shape index (κ2) is 6.84. The van der Waals surface area contributed by atoms with E-state index in [-0.39, 0.29) is 0 Å². The molecule has 0 saturated heterocycles. The van der Waals surface area contributed by atoms with Gasteiger partial charge >= 0.3 is 0 Å². The molecule has 1 atom stereocenters. The Balaban J connectivity index is 1.91. The molecule has 0 fully saturated rings. The Labute approximate surface area is 112 Å². The first-order valence-corrected chi connectivity index (χ1v) is 7.22. The summed E-state index contributed by atoms with van der Waals surface area (Å²) < 4.78 is 5.80. The fourth-order valence-electron chi connectivity index (χ4n) is 2.62. The summed E-state index contributed by atoms with van der Waals surface area (Å²) in [4.78, 5) is 2.53. The molecule has 1 unspecified atom stereocenters. The van der Waals surface area contributed by atoms with Crippen molar-refractivity contribution in [1.82, 2.24) is 4.81 Å². The summed E-state index contributed by atoms with van der Waals surface area (Å²) in [5, 5.41) is 0. The number of fused-ring (bicyclic) bond motifs is 1. The Morgan fingerprint density at radius 2 is 2.22 bits per heavy atom. The number of hydrogen-bond donors (Lipinski definition) is 0. The molecule has 1 aromatic carbocycles. The number of rotatable bonds is 5. The fraction of sp³-hybridized carbons (Fsp3) is 0.600. The number of benzene rings is 1. The highest BCUT2D eigenvalue weighted by Gasteiger charge is 2.17. The molecule has 0 radical (unpaired) electrons. The molecule has 0 amide bonds. The number of nitrogens with zero attached hydrogens (tertiary/aromatic N) is 1. The summed E-state index contributed by atoms with van der Waals surface area (Å²) in [5.41, 5.74) is 1.33. The van der Waals surface area contributed by atoms with Crippen LogP contribution < -0.4 is 4.74 Å². The van der Waals surface area contributed by atoms with Gasteiger partial charge in [-0.1, -0.05) is 57.1 Å². The Morgan fingerprint density at radius 3 is 3.06 bits per heavy atom. The molecule has 18 heavy (non-hydrogen) atoms. The first-order chi connectivity index (χ1) is 8.79. The van der Waals surface area contributed by atoms with E-state index in [0.29, 0.717) is 0 Å². The second-order valence-corrected chi connectivity index (χ2v) is 5.44. The second-order valence-electron chi connectivity index (χ2n) is 5.44. The molecule has 2 rings (SSSR count). The van der Waals surface area contributed by atoms with Crippen molar-refractivity contribution in [2.75, 3.05) is 13.2 Å². The standard InChI is InChI=1S/C15H24BNO/c1-3-4-7-13(2)16-17-10-11-18-15-9-6-5-8-14(15)12-17/h5-6,8-9,13,16H,3-4,7,10-12H2,1-2H3. The zero-order valence-corrected chi connectivity index (χ0v) is 11.7. The smallest absolute Gasteiger partial charge is 0.207 e. The van der Waals surface area contributed by atoms with Gasteiger partial charge in [-0.15, -0.1) is 0 Å². The van der Waals surface area contributed by atoms with E-state index in [2.05, 4.69) is 42.9 Å². The third-order valence-corrected chi connectivity index (χ3v) is 3.65. The fourth-order valence-corrected chi connectivity index (χ4v) is 2.62. The molecule has 3 heteroatoms. The minimum Gasteiger partial charge on any atom is -0.492 e. The maximum absolute atomic E-state index is 5.80. The van der Waals surface area contributed by atoms with Crippen molar-refractivity contribution < 1.29 is 4.74 Å². The summed E-state index contributed by atoms with van der Waals surface area (Å²) in [7, 11) is 1.19. The third kappa shape index (κ3) is 3.77. The SMILES string of the molecule is CCCCC(C)BN1CCOc2ccccc2C1. The van der Waals surface area contributed by atoms with Gasteiger partial charge in [0.1, 0.15) is 5.75 Å². The largest absolute Gasteiger partial charge is 0.492 e. The van der Waals surface area contributed by atoms with Crippen LogP contribution in [0.4, 0.5) is 0 Å². The molecule has 1 aromatic rings. The summed E-state index contributed by atoms with van der Waals surface area (Å²) >= 11 is 0. The van der Waals surface area contributed by atoms with Crippen LogP contribution in [0, 0.1) is 0 Å². The van der Waals surface area contributed by atoms with Crippen molar-refractivity contribution in [3.63, 3.8) is 0 Å². The first kappa shape index (κ1) is 13.5. The molecule has 1 aliphatic rings. The van der Waals surface area contributed by atoms with Gasteiger partial charge in [0.2, 0.25) is 7.41 Å². The molecule has 0 aliphatic carbocycles. The summed E-state index contributed by atoms with van der Waals surface area (Å²) in [6, 6.07) is 8.42. The van der Waals surface area contributed by atoms with Crippen LogP contribution in [0.2, 0.25) is 5.82 Å². The lowest BCUT2D eigenvalue weighted by molar-refractivity contribution is 0.294. The van der Waals surface area contributed by atoms with Crippen LogP contribution in [-0.2, 0) is 6.54 Å². The Bertz CT molecular complexity index is 369. The highest BCUT2D eigenvalue weighted by Crippen LogP contribution is 2.23. The summed E-state index contributed by atoms with van der Waals surface area (Å²) in [5.74, 6) is 1.86. The predicted octanol–water partition coefficient (Wildman–Crippen LogP) is 3.23. The number of unbranched alkanes of at least 4 members (excludes halogenated alkanes) is 1. The van der Waals surface area contributed by atoms with Crippen molar-refractivity contribution in [3.05, 3.63) is 29.8 Å². The molecular formula is C15H24BNO. The van der Waals surface area contributed by atoms with Crippen molar-refractivity contribution >= 4 is 7.41 Å². The van der Waals surface area contributed by atoms with E-state index >= 15 is 0 Å². The van der Waals surface area contributed by atoms with Crippen molar-refractivity contribution in [1.29, 1.82) is 0 Å². The topological polar surface area (TPSA) is 12.5 Å². The van der Waals surface area contributed by atoms with E-state index < -0.39 is 0 Å². The number of para-hydroxylation sites is 1. The van der Waals surface area contributed by atoms with E-state index in [9.17, 15) is 0 Å². The van der Waals surface area contributed by atoms with E-state index in [1.807, 2.05) is 0 Å². The van der Waals surface area contributed by atoms with Crippen molar-refractivity contribution in [3.8, 4) is 5.75 Å². The predicted molar refractivity (Wildman–Crippen MR) is 78.4 cm³/mol. The lowest BCUT2D eigenvalue weighted by atomic mass is 9.72. The monoisotopic (exact) mass is 245 g/mol. The average Bonchev–Trinajstić information content (AvgIpc) is 2.57. The Hall–Kier alpha value is -0.955. The van der Waals surface area contributed by atoms with Gasteiger partial charge in [0.15, 0.2) is 0 Å². The van der Waals surface area contributed by atoms with Crippen LogP contribution in [0.5, 0.6) is 5.75 Å². The molecule has 0 N–H and O–H groups in total. The molecule has 0 aromatic heterocycles. The van der Waals surface area contributed by atoms with Crippen LogP contribution >= 0.6 is 0 Å². The van der Waals surface area contributed by atoms with E-state index in [4.69, 9.17) is 4.74 Å². The van der Waals surface area contributed by atoms with Gasteiger partial charge in [-0.05, 0) is 6.07 Å². The Kier molecular flexibility index (Phi) is 5.12. The minimum atomic E-state index is 0.787. The molecule has 98 valence electrons. The summed E-state index contributed by atoms with van der Waals surface area (Å²) in [6.45, 7) is 7.53. The van der Waals surface area contributed by atoms with Gasteiger partial charge in [0.25, 0.3) is 0 Å². The maximum Gasteiger partial charge on any atom is 0.207 e. The van der Waals surface area contributed by atoms with Crippen LogP contribution in [0.3, 0.4) is 0 Å². The highest BCUT2D eigenvalue weighted by molar-refractivity contribution is 6.33. The molecular weight excluding hydrogens is 221 g/mol. The zero-order chi connectivity index (χ0) is 12.8. The Morgan fingerprint density at radius 1 is 1.39 bits per heavy atom. The highest BCUT2D eigenvalue weighted by atomic mass is 16.5.